The number of likely N-dealkylation sites (tertiary alicyclic amines) is 1. The molecule has 1 aromatic heterocycles. The number of piperidine rings is 1. The molecule has 2 rings (SSSR count). The molecule has 0 bridgehead atoms. The van der Waals surface area contributed by atoms with Gasteiger partial charge >= 0.3 is 6.09 Å². The van der Waals surface area contributed by atoms with Gasteiger partial charge in [0.2, 0.25) is 0 Å². The molecule has 6 heteroatoms. The minimum absolute atomic E-state index is 0.0172. The zero-order chi connectivity index (χ0) is 15.7. The van der Waals surface area contributed by atoms with Gasteiger partial charge < -0.3 is 14.7 Å². The number of hydrogen-bond donors (Lipinski definition) is 1. The van der Waals surface area contributed by atoms with Crippen molar-refractivity contribution in [2.24, 2.45) is 0 Å². The lowest BCUT2D eigenvalue weighted by atomic mass is 9.81. The number of thiazole rings is 1. The van der Waals surface area contributed by atoms with Crippen LogP contribution in [0.5, 0.6) is 0 Å². The van der Waals surface area contributed by atoms with Crippen LogP contribution in [0, 0.1) is 0 Å². The first-order valence-corrected chi connectivity index (χ1v) is 8.15. The molecule has 0 unspecified atom stereocenters. The van der Waals surface area contributed by atoms with Gasteiger partial charge in [0.05, 0.1) is 17.3 Å². The van der Waals surface area contributed by atoms with E-state index in [1.807, 2.05) is 26.2 Å². The quantitative estimate of drug-likeness (QED) is 0.912. The van der Waals surface area contributed by atoms with Gasteiger partial charge in [-0.2, -0.15) is 0 Å². The van der Waals surface area contributed by atoms with Crippen LogP contribution in [0.25, 0.3) is 0 Å². The van der Waals surface area contributed by atoms with Crippen molar-refractivity contribution in [2.45, 2.75) is 58.2 Å². The summed E-state index contributed by atoms with van der Waals surface area (Å²) in [5.74, 6) is 0. The lowest BCUT2D eigenvalue weighted by molar-refractivity contribution is 0.0171. The van der Waals surface area contributed by atoms with Gasteiger partial charge in [-0.25, -0.2) is 9.78 Å². The molecule has 1 aliphatic rings. The van der Waals surface area contributed by atoms with E-state index in [2.05, 4.69) is 11.9 Å². The molecular weight excluding hydrogens is 288 g/mol. The molecule has 0 spiro atoms. The Morgan fingerprint density at radius 2 is 2.10 bits per heavy atom. The molecular formula is C15H24N2O3S. The highest BCUT2D eigenvalue weighted by atomic mass is 32.1. The number of aliphatic hydroxyl groups is 1. The lowest BCUT2D eigenvalue weighted by Gasteiger charge is -2.38. The maximum Gasteiger partial charge on any atom is 0.410 e. The highest BCUT2D eigenvalue weighted by molar-refractivity contribution is 7.09. The van der Waals surface area contributed by atoms with Crippen molar-refractivity contribution in [3.05, 3.63) is 16.1 Å². The molecule has 0 saturated carbocycles. The van der Waals surface area contributed by atoms with E-state index in [-0.39, 0.29) is 18.1 Å². The average molecular weight is 312 g/mol. The largest absolute Gasteiger partial charge is 0.444 e. The predicted molar refractivity (Wildman–Crippen MR) is 82.4 cm³/mol. The van der Waals surface area contributed by atoms with Crippen LogP contribution in [-0.4, -0.2) is 39.8 Å². The Kier molecular flexibility index (Phi) is 4.58. The highest BCUT2D eigenvalue weighted by Crippen LogP contribution is 2.37. The van der Waals surface area contributed by atoms with Gasteiger partial charge in [-0.15, -0.1) is 11.3 Å². The van der Waals surface area contributed by atoms with Crippen molar-refractivity contribution in [2.75, 3.05) is 13.1 Å². The molecule has 0 aromatic carbocycles. The van der Waals surface area contributed by atoms with E-state index >= 15 is 0 Å². The Morgan fingerprint density at radius 1 is 1.48 bits per heavy atom. The van der Waals surface area contributed by atoms with E-state index in [0.717, 1.165) is 23.5 Å². The van der Waals surface area contributed by atoms with E-state index in [4.69, 9.17) is 9.84 Å². The van der Waals surface area contributed by atoms with Gasteiger partial charge in [-0.1, -0.05) is 6.92 Å². The third kappa shape index (κ3) is 3.95. The molecule has 1 aliphatic heterocycles. The summed E-state index contributed by atoms with van der Waals surface area (Å²) in [7, 11) is 0. The number of rotatable bonds is 2. The van der Waals surface area contributed by atoms with E-state index in [9.17, 15) is 4.79 Å². The van der Waals surface area contributed by atoms with Gasteiger partial charge in [0, 0.05) is 23.9 Å². The van der Waals surface area contributed by atoms with Crippen molar-refractivity contribution in [1.29, 1.82) is 0 Å². The van der Waals surface area contributed by atoms with E-state index in [0.29, 0.717) is 13.1 Å². The Morgan fingerprint density at radius 3 is 2.57 bits per heavy atom. The fraction of sp³-hybridized carbons (Fsp3) is 0.733. The normalized spacial score (nSPS) is 18.6. The van der Waals surface area contributed by atoms with Gasteiger partial charge in [-0.05, 0) is 33.6 Å². The lowest BCUT2D eigenvalue weighted by Crippen LogP contribution is -2.45. The molecule has 2 heterocycles. The summed E-state index contributed by atoms with van der Waals surface area (Å²) in [6, 6.07) is 0. The van der Waals surface area contributed by atoms with E-state index in [1.54, 1.807) is 16.2 Å². The summed E-state index contributed by atoms with van der Waals surface area (Å²) >= 11 is 1.59. The molecule has 1 fully saturated rings. The molecule has 21 heavy (non-hydrogen) atoms. The highest BCUT2D eigenvalue weighted by Gasteiger charge is 2.36. The van der Waals surface area contributed by atoms with Gasteiger partial charge in [-0.3, -0.25) is 0 Å². The summed E-state index contributed by atoms with van der Waals surface area (Å²) in [6.45, 7) is 9.16. The molecule has 0 atom stereocenters. The van der Waals surface area contributed by atoms with Gasteiger partial charge in [0.15, 0.2) is 0 Å². The molecule has 1 N–H and O–H groups in total. The maximum atomic E-state index is 12.1. The van der Waals surface area contributed by atoms with Crippen molar-refractivity contribution >= 4 is 17.4 Å². The average Bonchev–Trinajstić information content (AvgIpc) is 2.87. The minimum Gasteiger partial charge on any atom is -0.444 e. The van der Waals surface area contributed by atoms with E-state index in [1.165, 1.54) is 0 Å². The number of amides is 1. The Labute approximate surface area is 129 Å². The summed E-state index contributed by atoms with van der Waals surface area (Å²) in [5, 5.41) is 12.1. The molecule has 118 valence electrons. The first-order valence-electron chi connectivity index (χ1n) is 7.27. The number of aromatic nitrogens is 1. The van der Waals surface area contributed by atoms with Crippen LogP contribution in [0.3, 0.4) is 0 Å². The number of ether oxygens (including phenoxy) is 1. The van der Waals surface area contributed by atoms with Gasteiger partial charge in [0.1, 0.15) is 5.60 Å². The summed E-state index contributed by atoms with van der Waals surface area (Å²) < 4.78 is 5.41. The Bertz CT molecular complexity index is 499. The predicted octanol–water partition coefficient (Wildman–Crippen LogP) is 2.92. The first kappa shape index (κ1) is 16.2. The Balaban J connectivity index is 1.97. The SMILES string of the molecule is CC(C)(C)OC(=O)N1CCC(C)(c2nc(CO)cs2)CC1. The summed E-state index contributed by atoms with van der Waals surface area (Å²) in [6.07, 6.45) is 1.50. The second-order valence-corrected chi connectivity index (χ2v) is 7.69. The summed E-state index contributed by atoms with van der Waals surface area (Å²) in [4.78, 5) is 18.3. The number of aliphatic hydroxyl groups excluding tert-OH is 1. The van der Waals surface area contributed by atoms with Gasteiger partial charge in [0.25, 0.3) is 0 Å². The standard InChI is InChI=1S/C15H24N2O3S/c1-14(2,3)20-13(19)17-7-5-15(4,6-8-17)12-16-11(9-18)10-21-12/h10,18H,5-9H2,1-4H3. The fourth-order valence-corrected chi connectivity index (χ4v) is 3.41. The topological polar surface area (TPSA) is 62.7 Å². The zero-order valence-electron chi connectivity index (χ0n) is 13.2. The first-order chi connectivity index (χ1) is 9.73. The number of carbonyl (C=O) groups is 1. The molecule has 0 aliphatic carbocycles. The second kappa shape index (κ2) is 5.93. The number of nitrogens with zero attached hydrogens (tertiary/aromatic N) is 2. The summed E-state index contributed by atoms with van der Waals surface area (Å²) in [5.41, 5.74) is 0.255. The third-order valence-electron chi connectivity index (χ3n) is 3.75. The van der Waals surface area contributed by atoms with Crippen LogP contribution in [0.1, 0.15) is 51.2 Å². The Hall–Kier alpha value is -1.14. The fourth-order valence-electron chi connectivity index (χ4n) is 2.38. The number of carbonyl (C=O) groups excluding carboxylic acids is 1. The third-order valence-corrected chi connectivity index (χ3v) is 4.95. The molecule has 1 aromatic rings. The van der Waals surface area contributed by atoms with Crippen molar-refractivity contribution < 1.29 is 14.6 Å². The van der Waals surface area contributed by atoms with Crippen molar-refractivity contribution in [3.63, 3.8) is 0 Å². The minimum atomic E-state index is -0.455. The number of hydrogen-bond acceptors (Lipinski definition) is 5. The molecule has 0 radical (unpaired) electrons. The molecule has 1 saturated heterocycles. The second-order valence-electron chi connectivity index (χ2n) is 6.83. The van der Waals surface area contributed by atoms with Crippen LogP contribution in [0.4, 0.5) is 4.79 Å². The van der Waals surface area contributed by atoms with Crippen LogP contribution in [0.15, 0.2) is 5.38 Å². The van der Waals surface area contributed by atoms with Crippen LogP contribution in [0.2, 0.25) is 0 Å². The van der Waals surface area contributed by atoms with Crippen molar-refractivity contribution in [1.82, 2.24) is 9.88 Å². The molecule has 1 amide bonds. The zero-order valence-corrected chi connectivity index (χ0v) is 14.0. The van der Waals surface area contributed by atoms with E-state index < -0.39 is 5.60 Å². The van der Waals surface area contributed by atoms with Crippen LogP contribution < -0.4 is 0 Å². The van der Waals surface area contributed by atoms with Crippen LogP contribution in [-0.2, 0) is 16.8 Å². The van der Waals surface area contributed by atoms with Crippen molar-refractivity contribution in [3.8, 4) is 0 Å². The maximum absolute atomic E-state index is 12.1. The van der Waals surface area contributed by atoms with Crippen LogP contribution >= 0.6 is 11.3 Å². The molecule has 5 nitrogen and oxygen atoms in total. The monoisotopic (exact) mass is 312 g/mol. The smallest absolute Gasteiger partial charge is 0.410 e.